The van der Waals surface area contributed by atoms with Crippen LogP contribution in [-0.2, 0) is 11.2 Å². The van der Waals surface area contributed by atoms with Crippen LogP contribution < -0.4 is 4.74 Å². The molecule has 2 aromatic rings. The van der Waals surface area contributed by atoms with Gasteiger partial charge in [0.15, 0.2) is 0 Å². The Morgan fingerprint density at radius 3 is 2.71 bits per heavy atom. The SMILES string of the molecule is COc1ccc(-c2noc(CC(=O)O)n2)cc1. The number of carbonyl (C=O) groups is 1. The van der Waals surface area contributed by atoms with Crippen molar-refractivity contribution in [1.82, 2.24) is 10.1 Å². The number of aliphatic carboxylic acids is 1. The molecule has 1 N–H and O–H groups in total. The molecule has 1 heterocycles. The third-order valence-corrected chi connectivity index (χ3v) is 2.12. The van der Waals surface area contributed by atoms with Crippen LogP contribution in [0.1, 0.15) is 5.89 Å². The summed E-state index contributed by atoms with van der Waals surface area (Å²) in [7, 11) is 1.58. The van der Waals surface area contributed by atoms with Gasteiger partial charge in [0.2, 0.25) is 11.7 Å². The average Bonchev–Trinajstić information content (AvgIpc) is 2.77. The van der Waals surface area contributed by atoms with Crippen LogP contribution in [0.2, 0.25) is 0 Å². The lowest BCUT2D eigenvalue weighted by atomic mass is 10.2. The fourth-order valence-electron chi connectivity index (χ4n) is 1.31. The first-order chi connectivity index (χ1) is 8.19. The van der Waals surface area contributed by atoms with E-state index in [0.717, 1.165) is 11.3 Å². The Balaban J connectivity index is 2.21. The van der Waals surface area contributed by atoms with Crippen LogP contribution in [0.3, 0.4) is 0 Å². The summed E-state index contributed by atoms with van der Waals surface area (Å²) >= 11 is 0. The molecule has 0 aliphatic rings. The van der Waals surface area contributed by atoms with Gasteiger partial charge in [-0.05, 0) is 24.3 Å². The zero-order valence-electron chi connectivity index (χ0n) is 9.08. The minimum absolute atomic E-state index is 0.0864. The molecule has 0 saturated carbocycles. The van der Waals surface area contributed by atoms with Crippen LogP contribution in [0, 0.1) is 0 Å². The lowest BCUT2D eigenvalue weighted by molar-refractivity contribution is -0.136. The molecule has 0 unspecified atom stereocenters. The van der Waals surface area contributed by atoms with E-state index in [0.29, 0.717) is 5.82 Å². The van der Waals surface area contributed by atoms with Crippen molar-refractivity contribution in [3.63, 3.8) is 0 Å². The molecule has 6 nitrogen and oxygen atoms in total. The van der Waals surface area contributed by atoms with E-state index in [-0.39, 0.29) is 12.3 Å². The first kappa shape index (κ1) is 11.1. The van der Waals surface area contributed by atoms with Gasteiger partial charge < -0.3 is 14.4 Å². The third-order valence-electron chi connectivity index (χ3n) is 2.12. The second-order valence-corrected chi connectivity index (χ2v) is 3.31. The Labute approximate surface area is 96.8 Å². The molecular formula is C11H10N2O4. The van der Waals surface area contributed by atoms with E-state index in [4.69, 9.17) is 14.4 Å². The van der Waals surface area contributed by atoms with E-state index in [2.05, 4.69) is 10.1 Å². The third kappa shape index (κ3) is 2.60. The van der Waals surface area contributed by atoms with E-state index in [1.165, 1.54) is 0 Å². The molecule has 2 rings (SSSR count). The van der Waals surface area contributed by atoms with Crippen LogP contribution in [-0.4, -0.2) is 28.3 Å². The Morgan fingerprint density at radius 2 is 2.12 bits per heavy atom. The van der Waals surface area contributed by atoms with Crippen molar-refractivity contribution in [2.75, 3.05) is 7.11 Å². The fourth-order valence-corrected chi connectivity index (χ4v) is 1.31. The molecule has 0 saturated heterocycles. The number of benzene rings is 1. The van der Waals surface area contributed by atoms with Gasteiger partial charge in [0, 0.05) is 5.56 Å². The summed E-state index contributed by atoms with van der Waals surface area (Å²) in [4.78, 5) is 14.4. The van der Waals surface area contributed by atoms with Crippen molar-refractivity contribution < 1.29 is 19.2 Å². The summed E-state index contributed by atoms with van der Waals surface area (Å²) in [6.07, 6.45) is -0.275. The van der Waals surface area contributed by atoms with Crippen molar-refractivity contribution in [3.05, 3.63) is 30.2 Å². The number of carboxylic acids is 1. The van der Waals surface area contributed by atoms with Crippen LogP contribution >= 0.6 is 0 Å². The van der Waals surface area contributed by atoms with Gasteiger partial charge in [-0.1, -0.05) is 5.16 Å². The molecule has 6 heteroatoms. The molecule has 0 atom stereocenters. The number of hydrogen-bond acceptors (Lipinski definition) is 5. The van der Waals surface area contributed by atoms with Crippen LogP contribution in [0.15, 0.2) is 28.8 Å². The van der Waals surface area contributed by atoms with Crippen LogP contribution in [0.5, 0.6) is 5.75 Å². The molecule has 0 amide bonds. The van der Waals surface area contributed by atoms with Crippen molar-refractivity contribution in [3.8, 4) is 17.1 Å². The Bertz CT molecular complexity index is 519. The molecule has 0 aliphatic heterocycles. The first-order valence-electron chi connectivity index (χ1n) is 4.88. The van der Waals surface area contributed by atoms with E-state index < -0.39 is 5.97 Å². The Hall–Kier alpha value is -2.37. The molecule has 17 heavy (non-hydrogen) atoms. The smallest absolute Gasteiger partial charge is 0.312 e. The highest BCUT2D eigenvalue weighted by molar-refractivity contribution is 5.69. The monoisotopic (exact) mass is 234 g/mol. The topological polar surface area (TPSA) is 85.5 Å². The van der Waals surface area contributed by atoms with Gasteiger partial charge in [0.1, 0.15) is 12.2 Å². The number of hydrogen-bond donors (Lipinski definition) is 1. The largest absolute Gasteiger partial charge is 0.497 e. The van der Waals surface area contributed by atoms with Gasteiger partial charge in [-0.15, -0.1) is 0 Å². The second kappa shape index (κ2) is 4.65. The molecule has 1 aromatic carbocycles. The maximum absolute atomic E-state index is 10.5. The molecule has 1 aromatic heterocycles. The summed E-state index contributed by atoms with van der Waals surface area (Å²) < 4.78 is 9.83. The highest BCUT2D eigenvalue weighted by Gasteiger charge is 2.11. The predicted molar refractivity (Wildman–Crippen MR) is 57.6 cm³/mol. The molecule has 88 valence electrons. The van der Waals surface area contributed by atoms with E-state index in [1.807, 2.05) is 0 Å². The fraction of sp³-hybridized carbons (Fsp3) is 0.182. The summed E-state index contributed by atoms with van der Waals surface area (Å²) in [6.45, 7) is 0. The summed E-state index contributed by atoms with van der Waals surface area (Å²) in [6, 6.07) is 7.08. The summed E-state index contributed by atoms with van der Waals surface area (Å²) in [5, 5.41) is 12.3. The van der Waals surface area contributed by atoms with Gasteiger partial charge in [-0.25, -0.2) is 0 Å². The zero-order chi connectivity index (χ0) is 12.3. The molecule has 0 radical (unpaired) electrons. The average molecular weight is 234 g/mol. The number of ether oxygens (including phenoxy) is 1. The van der Waals surface area contributed by atoms with Crippen molar-refractivity contribution in [2.24, 2.45) is 0 Å². The van der Waals surface area contributed by atoms with Crippen LogP contribution in [0.4, 0.5) is 0 Å². The van der Waals surface area contributed by atoms with Gasteiger partial charge in [0.05, 0.1) is 7.11 Å². The van der Waals surface area contributed by atoms with Gasteiger partial charge in [-0.3, -0.25) is 4.79 Å². The molecule has 0 fully saturated rings. The number of rotatable bonds is 4. The minimum Gasteiger partial charge on any atom is -0.497 e. The maximum Gasteiger partial charge on any atom is 0.312 e. The van der Waals surface area contributed by atoms with Crippen molar-refractivity contribution >= 4 is 5.97 Å². The van der Waals surface area contributed by atoms with Gasteiger partial charge >= 0.3 is 5.97 Å². The lowest BCUT2D eigenvalue weighted by Crippen LogP contribution is -1.99. The zero-order valence-corrected chi connectivity index (χ0v) is 9.08. The van der Waals surface area contributed by atoms with E-state index in [9.17, 15) is 4.79 Å². The standard InChI is InChI=1S/C11H10N2O4/c1-16-8-4-2-7(3-5-8)11-12-9(17-13-11)6-10(14)15/h2-5H,6H2,1H3,(H,14,15). The molecule has 0 spiro atoms. The second-order valence-electron chi connectivity index (χ2n) is 3.31. The van der Waals surface area contributed by atoms with Crippen LogP contribution in [0.25, 0.3) is 11.4 Å². The highest BCUT2D eigenvalue weighted by Crippen LogP contribution is 2.19. The van der Waals surface area contributed by atoms with Crippen molar-refractivity contribution in [2.45, 2.75) is 6.42 Å². The summed E-state index contributed by atoms with van der Waals surface area (Å²) in [5.74, 6) is 0.171. The quantitative estimate of drug-likeness (QED) is 0.859. The maximum atomic E-state index is 10.5. The van der Waals surface area contributed by atoms with E-state index in [1.54, 1.807) is 31.4 Å². The molecule has 0 bridgehead atoms. The first-order valence-corrected chi connectivity index (χ1v) is 4.88. The number of carboxylic acid groups (broad SMARTS) is 1. The van der Waals surface area contributed by atoms with Gasteiger partial charge in [-0.2, -0.15) is 4.98 Å². The number of nitrogens with zero attached hydrogens (tertiary/aromatic N) is 2. The lowest BCUT2D eigenvalue weighted by Gasteiger charge is -1.98. The van der Waals surface area contributed by atoms with Crippen molar-refractivity contribution in [1.29, 1.82) is 0 Å². The molecular weight excluding hydrogens is 224 g/mol. The highest BCUT2D eigenvalue weighted by atomic mass is 16.5. The Kier molecular flexibility index (Phi) is 3.04. The summed E-state index contributed by atoms with van der Waals surface area (Å²) in [5.41, 5.74) is 0.742. The van der Waals surface area contributed by atoms with E-state index >= 15 is 0 Å². The molecule has 0 aliphatic carbocycles. The van der Waals surface area contributed by atoms with Gasteiger partial charge in [0.25, 0.3) is 0 Å². The normalized spacial score (nSPS) is 10.2. The number of methoxy groups -OCH3 is 1. The Morgan fingerprint density at radius 1 is 1.41 bits per heavy atom. The minimum atomic E-state index is -1.00. The number of aromatic nitrogens is 2. The predicted octanol–water partition coefficient (Wildman–Crippen LogP) is 1.37.